The lowest BCUT2D eigenvalue weighted by atomic mass is 10.1. The van der Waals surface area contributed by atoms with Crippen molar-refractivity contribution < 1.29 is 19.1 Å². The number of nitrogens with one attached hydrogen (secondary N) is 2. The number of para-hydroxylation sites is 2. The molecule has 2 aromatic carbocycles. The van der Waals surface area contributed by atoms with E-state index in [1.165, 1.54) is 11.0 Å². The fourth-order valence-electron chi connectivity index (χ4n) is 3.22. The molecule has 0 radical (unpaired) electrons. The van der Waals surface area contributed by atoms with Crippen LogP contribution in [-0.4, -0.2) is 30.9 Å². The minimum Gasteiger partial charge on any atom is -0.466 e. The van der Waals surface area contributed by atoms with E-state index in [0.29, 0.717) is 22.8 Å². The van der Waals surface area contributed by atoms with Gasteiger partial charge in [0.25, 0.3) is 5.91 Å². The molecule has 7 nitrogen and oxygen atoms in total. The van der Waals surface area contributed by atoms with Gasteiger partial charge in [-0.25, -0.2) is 0 Å². The number of fused-ring (bicyclic) bond motifs is 1. The number of hydrogen-bond acceptors (Lipinski definition) is 5. The highest BCUT2D eigenvalue weighted by Crippen LogP contribution is 2.30. The topological polar surface area (TPSA) is 87.7 Å². The molecular formula is C23H25N3O4. The Kier molecular flexibility index (Phi) is 6.51. The Morgan fingerprint density at radius 1 is 1.10 bits per heavy atom. The molecule has 0 saturated carbocycles. The van der Waals surface area contributed by atoms with Crippen LogP contribution in [0.3, 0.4) is 0 Å². The summed E-state index contributed by atoms with van der Waals surface area (Å²) in [7, 11) is 0. The number of anilines is 3. The number of carbonyl (C=O) groups is 3. The molecule has 1 aliphatic rings. The Bertz CT molecular complexity index is 1010. The first-order valence-electron chi connectivity index (χ1n) is 9.79. The van der Waals surface area contributed by atoms with Gasteiger partial charge in [0.2, 0.25) is 5.91 Å². The van der Waals surface area contributed by atoms with E-state index in [0.717, 1.165) is 11.1 Å². The first-order valence-corrected chi connectivity index (χ1v) is 9.79. The molecule has 156 valence electrons. The van der Waals surface area contributed by atoms with E-state index in [-0.39, 0.29) is 31.4 Å². The third-order valence-electron chi connectivity index (χ3n) is 4.87. The van der Waals surface area contributed by atoms with Crippen molar-refractivity contribution in [1.82, 2.24) is 0 Å². The Morgan fingerprint density at radius 3 is 2.63 bits per heavy atom. The Morgan fingerprint density at radius 2 is 1.87 bits per heavy atom. The predicted molar refractivity (Wildman–Crippen MR) is 116 cm³/mol. The zero-order chi connectivity index (χ0) is 21.7. The van der Waals surface area contributed by atoms with Gasteiger partial charge in [-0.05, 0) is 50.1 Å². The first-order chi connectivity index (χ1) is 14.4. The standard InChI is InChI=1S/C23H25N3O4/c1-4-30-23(29)13-17-12-22(28)26(20-11-6-5-9-19(20)24-17)14-21(27)25-18-10-7-8-15(2)16(18)3/h5-12,24H,4,13-14H2,1-3H3,(H,25,27). The third kappa shape index (κ3) is 4.86. The van der Waals surface area contributed by atoms with Gasteiger partial charge < -0.3 is 15.4 Å². The second-order valence-corrected chi connectivity index (χ2v) is 7.01. The van der Waals surface area contributed by atoms with Gasteiger partial charge in [0, 0.05) is 17.5 Å². The number of carbonyl (C=O) groups excluding carboxylic acids is 3. The summed E-state index contributed by atoms with van der Waals surface area (Å²) < 4.78 is 4.98. The first kappa shape index (κ1) is 21.1. The maximum atomic E-state index is 12.9. The van der Waals surface area contributed by atoms with Gasteiger partial charge in [-0.3, -0.25) is 19.3 Å². The maximum absolute atomic E-state index is 12.9. The van der Waals surface area contributed by atoms with Gasteiger partial charge in [-0.15, -0.1) is 0 Å². The number of benzene rings is 2. The minimum atomic E-state index is -0.428. The summed E-state index contributed by atoms with van der Waals surface area (Å²) in [5.41, 5.74) is 4.38. The lowest BCUT2D eigenvalue weighted by molar-refractivity contribution is -0.142. The number of amides is 2. The molecule has 0 fully saturated rings. The number of rotatable bonds is 6. The molecule has 1 heterocycles. The van der Waals surface area contributed by atoms with Crippen molar-refractivity contribution in [3.63, 3.8) is 0 Å². The van der Waals surface area contributed by atoms with Gasteiger partial charge >= 0.3 is 5.97 Å². The summed E-state index contributed by atoms with van der Waals surface area (Å²) >= 11 is 0. The molecule has 2 amide bonds. The van der Waals surface area contributed by atoms with Crippen molar-refractivity contribution in [3.05, 3.63) is 65.4 Å². The van der Waals surface area contributed by atoms with Crippen molar-refractivity contribution >= 4 is 34.8 Å². The molecule has 0 saturated heterocycles. The summed E-state index contributed by atoms with van der Waals surface area (Å²) in [6.07, 6.45) is 1.28. The average Bonchev–Trinajstić information content (AvgIpc) is 2.82. The van der Waals surface area contributed by atoms with E-state index < -0.39 is 5.97 Å². The van der Waals surface area contributed by atoms with Gasteiger partial charge in [0.15, 0.2) is 0 Å². The van der Waals surface area contributed by atoms with Crippen LogP contribution in [0.2, 0.25) is 0 Å². The Balaban J connectivity index is 1.83. The molecule has 0 bridgehead atoms. The van der Waals surface area contributed by atoms with Crippen molar-refractivity contribution in [3.8, 4) is 0 Å². The largest absolute Gasteiger partial charge is 0.466 e. The molecule has 2 N–H and O–H groups in total. The van der Waals surface area contributed by atoms with Crippen molar-refractivity contribution in [1.29, 1.82) is 0 Å². The normalized spacial score (nSPS) is 13.0. The van der Waals surface area contributed by atoms with Crippen LogP contribution in [0.1, 0.15) is 24.5 Å². The zero-order valence-electron chi connectivity index (χ0n) is 17.3. The Labute approximate surface area is 175 Å². The van der Waals surface area contributed by atoms with Gasteiger partial charge in [-0.2, -0.15) is 0 Å². The van der Waals surface area contributed by atoms with Crippen molar-refractivity contribution in [2.24, 2.45) is 0 Å². The van der Waals surface area contributed by atoms with E-state index in [9.17, 15) is 14.4 Å². The average molecular weight is 407 g/mol. The summed E-state index contributed by atoms with van der Waals surface area (Å²) in [6.45, 7) is 5.74. The monoisotopic (exact) mass is 407 g/mol. The third-order valence-corrected chi connectivity index (χ3v) is 4.87. The summed E-state index contributed by atoms with van der Waals surface area (Å²) in [6, 6.07) is 12.8. The van der Waals surface area contributed by atoms with Crippen LogP contribution in [-0.2, 0) is 19.1 Å². The molecule has 7 heteroatoms. The molecule has 0 aromatic heterocycles. The maximum Gasteiger partial charge on any atom is 0.311 e. The summed E-state index contributed by atoms with van der Waals surface area (Å²) in [5, 5.41) is 6.00. The summed E-state index contributed by atoms with van der Waals surface area (Å²) in [4.78, 5) is 38.9. The van der Waals surface area contributed by atoms with Crippen LogP contribution in [0, 0.1) is 13.8 Å². The summed E-state index contributed by atoms with van der Waals surface area (Å²) in [5.74, 6) is -1.13. The van der Waals surface area contributed by atoms with Crippen LogP contribution in [0.4, 0.5) is 17.1 Å². The number of esters is 1. The molecule has 3 rings (SSSR count). The second-order valence-electron chi connectivity index (χ2n) is 7.01. The van der Waals surface area contributed by atoms with E-state index in [2.05, 4.69) is 10.6 Å². The molecule has 1 aliphatic heterocycles. The molecule has 2 aromatic rings. The Hall–Kier alpha value is -3.61. The van der Waals surface area contributed by atoms with Crippen LogP contribution in [0.15, 0.2) is 54.2 Å². The number of hydrogen-bond donors (Lipinski definition) is 2. The molecule has 0 unspecified atom stereocenters. The fraction of sp³-hybridized carbons (Fsp3) is 0.261. The molecular weight excluding hydrogens is 382 g/mol. The van der Waals surface area contributed by atoms with Crippen LogP contribution in [0.5, 0.6) is 0 Å². The smallest absolute Gasteiger partial charge is 0.311 e. The lowest BCUT2D eigenvalue weighted by Crippen LogP contribution is -2.37. The van der Waals surface area contributed by atoms with E-state index in [1.54, 1.807) is 25.1 Å². The van der Waals surface area contributed by atoms with Crippen molar-refractivity contribution in [2.45, 2.75) is 27.2 Å². The van der Waals surface area contributed by atoms with Crippen LogP contribution in [0.25, 0.3) is 0 Å². The number of nitrogens with zero attached hydrogens (tertiary/aromatic N) is 1. The molecule has 0 atom stereocenters. The predicted octanol–water partition coefficient (Wildman–Crippen LogP) is 3.54. The van der Waals surface area contributed by atoms with Crippen LogP contribution >= 0.6 is 0 Å². The second kappa shape index (κ2) is 9.26. The van der Waals surface area contributed by atoms with Gasteiger partial charge in [-0.1, -0.05) is 24.3 Å². The highest BCUT2D eigenvalue weighted by molar-refractivity contribution is 6.10. The van der Waals surface area contributed by atoms with Gasteiger partial charge in [0.05, 0.1) is 24.4 Å². The number of ether oxygens (including phenoxy) is 1. The van der Waals surface area contributed by atoms with E-state index in [4.69, 9.17) is 4.74 Å². The van der Waals surface area contributed by atoms with E-state index in [1.807, 2.05) is 38.1 Å². The van der Waals surface area contributed by atoms with E-state index >= 15 is 0 Å². The van der Waals surface area contributed by atoms with Crippen molar-refractivity contribution in [2.75, 3.05) is 28.7 Å². The molecule has 30 heavy (non-hydrogen) atoms. The highest BCUT2D eigenvalue weighted by atomic mass is 16.5. The lowest BCUT2D eigenvalue weighted by Gasteiger charge is -2.22. The quantitative estimate of drug-likeness (QED) is 0.715. The minimum absolute atomic E-state index is 0.0591. The van der Waals surface area contributed by atoms with Crippen LogP contribution < -0.4 is 15.5 Å². The SMILES string of the molecule is CCOC(=O)CC1=CC(=O)N(CC(=O)Nc2cccc(C)c2C)c2ccccc2N1. The molecule has 0 spiro atoms. The van der Waals surface area contributed by atoms with Gasteiger partial charge in [0.1, 0.15) is 6.54 Å². The number of aryl methyl sites for hydroxylation is 1. The zero-order valence-corrected chi connectivity index (χ0v) is 17.3. The fourth-order valence-corrected chi connectivity index (χ4v) is 3.22. The molecule has 0 aliphatic carbocycles. The highest BCUT2D eigenvalue weighted by Gasteiger charge is 2.25.